The van der Waals surface area contributed by atoms with Crippen molar-refractivity contribution in [2.75, 3.05) is 57.2 Å². The Balaban J connectivity index is 1.63. The number of piperazine rings is 1. The zero-order valence-electron chi connectivity index (χ0n) is 17.1. The number of anilines is 2. The highest BCUT2D eigenvalue weighted by atomic mass is 16.5. The molecule has 1 aliphatic rings. The Bertz CT molecular complexity index is 911. The Morgan fingerprint density at radius 1 is 1.07 bits per heavy atom. The molecule has 0 saturated carbocycles. The summed E-state index contributed by atoms with van der Waals surface area (Å²) in [5.41, 5.74) is 0.644. The van der Waals surface area contributed by atoms with Crippen LogP contribution in [0.4, 0.5) is 11.5 Å². The molecule has 3 N–H and O–H groups in total. The summed E-state index contributed by atoms with van der Waals surface area (Å²) in [5.74, 6) is -0.330. The van der Waals surface area contributed by atoms with Crippen molar-refractivity contribution < 1.29 is 33.7 Å². The normalized spacial score (nSPS) is 14.1. The number of benzene rings is 1. The SMILES string of the molecule is COC(=O)c1ccc(C(=O)OC)c(NC(=O)C[NH+]2CCN(c3cccc[nH+]3)CC2)c1. The first-order chi connectivity index (χ1) is 14.5. The number of quaternary nitrogens is 1. The number of nitrogens with zero attached hydrogens (tertiary/aromatic N) is 1. The molecule has 1 saturated heterocycles. The number of nitrogens with one attached hydrogen (secondary N) is 3. The fourth-order valence-electron chi connectivity index (χ4n) is 3.42. The fraction of sp³-hybridized carbons (Fsp3) is 0.333. The number of esters is 2. The highest BCUT2D eigenvalue weighted by Crippen LogP contribution is 2.19. The molecule has 1 aliphatic heterocycles. The van der Waals surface area contributed by atoms with Crippen LogP contribution in [0.2, 0.25) is 0 Å². The molecule has 158 valence electrons. The van der Waals surface area contributed by atoms with Crippen molar-refractivity contribution in [3.8, 4) is 0 Å². The lowest BCUT2D eigenvalue weighted by Crippen LogP contribution is -3.15. The summed E-state index contributed by atoms with van der Waals surface area (Å²) < 4.78 is 9.48. The highest BCUT2D eigenvalue weighted by molar-refractivity contribution is 6.03. The van der Waals surface area contributed by atoms with E-state index < -0.39 is 11.9 Å². The van der Waals surface area contributed by atoms with Gasteiger partial charge in [0.1, 0.15) is 26.2 Å². The third kappa shape index (κ3) is 5.12. The number of hydrogen-bond donors (Lipinski definition) is 2. The molecule has 0 spiro atoms. The van der Waals surface area contributed by atoms with Crippen LogP contribution >= 0.6 is 0 Å². The van der Waals surface area contributed by atoms with Crippen molar-refractivity contribution in [2.24, 2.45) is 0 Å². The zero-order valence-corrected chi connectivity index (χ0v) is 17.1. The van der Waals surface area contributed by atoms with E-state index in [0.29, 0.717) is 0 Å². The van der Waals surface area contributed by atoms with Crippen molar-refractivity contribution >= 4 is 29.4 Å². The molecule has 9 nitrogen and oxygen atoms in total. The maximum Gasteiger partial charge on any atom is 0.339 e. The standard InChI is InChI=1S/C21H24N4O5/c1-29-20(27)15-6-7-16(21(28)30-2)17(13-15)23-19(26)14-24-9-11-25(12-10-24)18-5-3-4-8-22-18/h3-8,13H,9-12,14H2,1-2H3,(H,23,26)/p+2. The van der Waals surface area contributed by atoms with Crippen LogP contribution < -0.4 is 20.1 Å². The van der Waals surface area contributed by atoms with Gasteiger partial charge in [-0.1, -0.05) is 6.07 Å². The maximum absolute atomic E-state index is 12.6. The topological polar surface area (TPSA) is 104 Å². The summed E-state index contributed by atoms with van der Waals surface area (Å²) in [6.07, 6.45) is 1.89. The predicted octanol–water partition coefficient (Wildman–Crippen LogP) is -0.582. The lowest BCUT2D eigenvalue weighted by Gasteiger charge is -2.27. The summed E-state index contributed by atoms with van der Waals surface area (Å²) in [7, 11) is 2.53. The average molecular weight is 414 g/mol. The second kappa shape index (κ2) is 9.84. The number of aromatic nitrogens is 1. The smallest absolute Gasteiger partial charge is 0.339 e. The number of carbonyl (C=O) groups excluding carboxylic acids is 3. The van der Waals surface area contributed by atoms with Gasteiger partial charge in [-0.05, 0) is 24.3 Å². The number of H-pyrrole nitrogens is 1. The number of hydrogen-bond acceptors (Lipinski definition) is 6. The molecule has 0 atom stereocenters. The summed E-state index contributed by atoms with van der Waals surface area (Å²) >= 11 is 0. The summed E-state index contributed by atoms with van der Waals surface area (Å²) in [5, 5.41) is 2.75. The largest absolute Gasteiger partial charge is 0.465 e. The molecule has 0 radical (unpaired) electrons. The van der Waals surface area contributed by atoms with Crippen LogP contribution in [0.1, 0.15) is 20.7 Å². The van der Waals surface area contributed by atoms with Crippen LogP contribution in [0.25, 0.3) is 0 Å². The number of aromatic amines is 1. The van der Waals surface area contributed by atoms with Gasteiger partial charge < -0.3 is 19.7 Å². The van der Waals surface area contributed by atoms with Gasteiger partial charge in [0.2, 0.25) is 0 Å². The first-order valence-electron chi connectivity index (χ1n) is 9.67. The van der Waals surface area contributed by atoms with E-state index in [4.69, 9.17) is 9.47 Å². The van der Waals surface area contributed by atoms with E-state index in [1.165, 1.54) is 32.4 Å². The first kappa shape index (κ1) is 21.3. The second-order valence-corrected chi connectivity index (χ2v) is 6.95. The molecular formula is C21H26N4O5+2. The van der Waals surface area contributed by atoms with Crippen LogP contribution in [-0.4, -0.2) is 64.8 Å². The van der Waals surface area contributed by atoms with E-state index in [0.717, 1.165) is 36.9 Å². The number of methoxy groups -OCH3 is 2. The average Bonchev–Trinajstić information content (AvgIpc) is 2.79. The number of rotatable bonds is 6. The van der Waals surface area contributed by atoms with Crippen molar-refractivity contribution in [1.29, 1.82) is 0 Å². The quantitative estimate of drug-likeness (QED) is 0.613. The third-order valence-electron chi connectivity index (χ3n) is 5.03. The molecule has 0 aliphatic carbocycles. The third-order valence-corrected chi connectivity index (χ3v) is 5.03. The van der Waals surface area contributed by atoms with E-state index in [1.54, 1.807) is 0 Å². The molecule has 9 heteroatoms. The Labute approximate surface area is 174 Å². The lowest BCUT2D eigenvalue weighted by atomic mass is 10.1. The van der Waals surface area contributed by atoms with E-state index in [-0.39, 0.29) is 29.3 Å². The number of amides is 1. The van der Waals surface area contributed by atoms with Gasteiger partial charge in [-0.25, -0.2) is 14.6 Å². The second-order valence-electron chi connectivity index (χ2n) is 6.95. The molecule has 0 bridgehead atoms. The van der Waals surface area contributed by atoms with Gasteiger partial charge in [-0.3, -0.25) is 9.69 Å². The number of carbonyl (C=O) groups is 3. The lowest BCUT2D eigenvalue weighted by molar-refractivity contribution is -0.892. The molecule has 0 unspecified atom stereocenters. The molecule has 1 fully saturated rings. The maximum atomic E-state index is 12.6. The highest BCUT2D eigenvalue weighted by Gasteiger charge is 2.27. The van der Waals surface area contributed by atoms with Crippen LogP contribution in [-0.2, 0) is 14.3 Å². The van der Waals surface area contributed by atoms with Gasteiger partial charge in [-0.15, -0.1) is 0 Å². The Morgan fingerprint density at radius 2 is 1.80 bits per heavy atom. The summed E-state index contributed by atoms with van der Waals surface area (Å²) in [6, 6.07) is 10.3. The fourth-order valence-corrected chi connectivity index (χ4v) is 3.42. The Kier molecular flexibility index (Phi) is 6.97. The molecular weight excluding hydrogens is 388 g/mol. The van der Waals surface area contributed by atoms with Crippen molar-refractivity contribution in [3.05, 3.63) is 53.7 Å². The van der Waals surface area contributed by atoms with Crippen molar-refractivity contribution in [2.45, 2.75) is 0 Å². The van der Waals surface area contributed by atoms with Gasteiger partial charge in [-0.2, -0.15) is 0 Å². The molecule has 2 heterocycles. The monoisotopic (exact) mass is 414 g/mol. The first-order valence-corrected chi connectivity index (χ1v) is 9.67. The number of ether oxygens (including phenoxy) is 2. The molecule has 3 rings (SSSR count). The van der Waals surface area contributed by atoms with E-state index >= 15 is 0 Å². The van der Waals surface area contributed by atoms with Gasteiger partial charge in [0, 0.05) is 6.07 Å². The molecule has 30 heavy (non-hydrogen) atoms. The zero-order chi connectivity index (χ0) is 21.5. The minimum Gasteiger partial charge on any atom is -0.465 e. The van der Waals surface area contributed by atoms with Crippen molar-refractivity contribution in [1.82, 2.24) is 0 Å². The van der Waals surface area contributed by atoms with Crippen LogP contribution in [0.5, 0.6) is 0 Å². The predicted molar refractivity (Wildman–Crippen MR) is 109 cm³/mol. The van der Waals surface area contributed by atoms with Gasteiger partial charge in [0.25, 0.3) is 11.7 Å². The van der Waals surface area contributed by atoms with Crippen LogP contribution in [0.15, 0.2) is 42.6 Å². The van der Waals surface area contributed by atoms with E-state index in [9.17, 15) is 14.4 Å². The minimum absolute atomic E-state index is 0.179. The number of pyridine rings is 1. The van der Waals surface area contributed by atoms with E-state index in [2.05, 4.69) is 15.2 Å². The summed E-state index contributed by atoms with van der Waals surface area (Å²) in [6.45, 7) is 3.53. The van der Waals surface area contributed by atoms with E-state index in [1.807, 2.05) is 24.4 Å². The Morgan fingerprint density at radius 3 is 2.43 bits per heavy atom. The van der Waals surface area contributed by atoms with Crippen molar-refractivity contribution in [3.63, 3.8) is 0 Å². The van der Waals surface area contributed by atoms with Gasteiger partial charge >= 0.3 is 11.9 Å². The summed E-state index contributed by atoms with van der Waals surface area (Å²) in [4.78, 5) is 43.1. The molecule has 1 aromatic carbocycles. The Hall–Kier alpha value is -3.46. The minimum atomic E-state index is -0.596. The van der Waals surface area contributed by atoms with Crippen LogP contribution in [0, 0.1) is 0 Å². The molecule has 2 aromatic rings. The molecule has 1 amide bonds. The van der Waals surface area contributed by atoms with Gasteiger partial charge in [0.05, 0.1) is 37.2 Å². The van der Waals surface area contributed by atoms with Crippen LogP contribution in [0.3, 0.4) is 0 Å². The molecule has 1 aromatic heterocycles. The van der Waals surface area contributed by atoms with Gasteiger partial charge in [0.15, 0.2) is 6.54 Å².